The average molecular weight is 320 g/mol. The van der Waals surface area contributed by atoms with Gasteiger partial charge in [0.05, 0.1) is 0 Å². The van der Waals surface area contributed by atoms with Gasteiger partial charge in [0, 0.05) is 25.2 Å². The Hall–Kier alpha value is -1.42. The van der Waals surface area contributed by atoms with E-state index in [0.29, 0.717) is 11.1 Å². The van der Waals surface area contributed by atoms with Gasteiger partial charge in [0.2, 0.25) is 0 Å². The zero-order valence-corrected chi connectivity index (χ0v) is 15.0. The van der Waals surface area contributed by atoms with Crippen LogP contribution in [0.1, 0.15) is 49.5 Å². The molecule has 1 heterocycles. The molecule has 1 fully saturated rings. The van der Waals surface area contributed by atoms with E-state index in [2.05, 4.69) is 25.7 Å². The zero-order chi connectivity index (χ0) is 17.2. The molecule has 3 nitrogen and oxygen atoms in total. The van der Waals surface area contributed by atoms with Gasteiger partial charge in [-0.3, -0.25) is 4.79 Å². The van der Waals surface area contributed by atoms with Gasteiger partial charge in [0.15, 0.2) is 0 Å². The van der Waals surface area contributed by atoms with Gasteiger partial charge in [-0.1, -0.05) is 20.8 Å². The fourth-order valence-electron chi connectivity index (χ4n) is 3.39. The maximum Gasteiger partial charge on any atom is 0.254 e. The summed E-state index contributed by atoms with van der Waals surface area (Å²) in [5, 5.41) is 0. The number of likely N-dealkylation sites (N-methyl/N-ethyl adjacent to an activating group) is 1. The summed E-state index contributed by atoms with van der Waals surface area (Å²) in [6, 6.07) is 4.51. The first kappa shape index (κ1) is 17.9. The van der Waals surface area contributed by atoms with E-state index < -0.39 is 0 Å². The maximum atomic E-state index is 13.3. The lowest BCUT2D eigenvalue weighted by Crippen LogP contribution is -2.51. The number of likely N-dealkylation sites (tertiary alicyclic amines) is 1. The lowest BCUT2D eigenvalue weighted by molar-refractivity contribution is 0.0518. The van der Waals surface area contributed by atoms with E-state index in [1.807, 2.05) is 11.9 Å². The summed E-state index contributed by atoms with van der Waals surface area (Å²) in [4.78, 5) is 17.2. The Bertz CT molecular complexity index is 559. The van der Waals surface area contributed by atoms with Gasteiger partial charge < -0.3 is 9.80 Å². The molecule has 4 heteroatoms. The molecule has 1 aliphatic rings. The van der Waals surface area contributed by atoms with Gasteiger partial charge in [-0.15, -0.1) is 0 Å². The van der Waals surface area contributed by atoms with Gasteiger partial charge in [-0.05, 0) is 62.0 Å². The standard InChI is InChI=1S/C19H29FN2O/c1-14-12-15(20)8-9-16(14)18(23)21(5)17(19(2,3)4)13-22-10-6-7-11-22/h8-9,12,17H,6-7,10-11,13H2,1-5H3/t17-/m1/s1. The number of benzene rings is 1. The van der Waals surface area contributed by atoms with E-state index in [-0.39, 0.29) is 23.2 Å². The van der Waals surface area contributed by atoms with Crippen LogP contribution in [0, 0.1) is 18.2 Å². The summed E-state index contributed by atoms with van der Waals surface area (Å²) in [5.74, 6) is -0.326. The number of aryl methyl sites for hydroxylation is 1. The molecule has 0 spiro atoms. The molecule has 1 aromatic rings. The van der Waals surface area contributed by atoms with E-state index in [4.69, 9.17) is 0 Å². The first-order valence-electron chi connectivity index (χ1n) is 8.46. The Morgan fingerprint density at radius 2 is 1.91 bits per heavy atom. The second-order valence-electron chi connectivity index (χ2n) is 7.76. The molecule has 2 rings (SSSR count). The molecule has 0 saturated carbocycles. The SMILES string of the molecule is Cc1cc(F)ccc1C(=O)N(C)[C@H](CN1CCCC1)C(C)(C)C. The molecule has 1 amide bonds. The predicted octanol–water partition coefficient (Wildman–Crippen LogP) is 3.72. The molecule has 0 aliphatic carbocycles. The molecule has 0 bridgehead atoms. The van der Waals surface area contributed by atoms with E-state index in [0.717, 1.165) is 19.6 Å². The van der Waals surface area contributed by atoms with Crippen LogP contribution in [0.5, 0.6) is 0 Å². The van der Waals surface area contributed by atoms with Crippen LogP contribution in [0.4, 0.5) is 4.39 Å². The van der Waals surface area contributed by atoms with Crippen molar-refractivity contribution >= 4 is 5.91 Å². The second-order valence-corrected chi connectivity index (χ2v) is 7.76. The highest BCUT2D eigenvalue weighted by molar-refractivity contribution is 5.95. The number of nitrogens with zero attached hydrogens (tertiary/aromatic N) is 2. The Balaban J connectivity index is 2.21. The Morgan fingerprint density at radius 3 is 2.43 bits per heavy atom. The van der Waals surface area contributed by atoms with Gasteiger partial charge in [0.25, 0.3) is 5.91 Å². The minimum absolute atomic E-state index is 0.0130. The molecule has 1 aromatic carbocycles. The predicted molar refractivity (Wildman–Crippen MR) is 92.1 cm³/mol. The van der Waals surface area contributed by atoms with Crippen LogP contribution in [0.25, 0.3) is 0 Å². The highest BCUT2D eigenvalue weighted by Gasteiger charge is 2.34. The van der Waals surface area contributed by atoms with Gasteiger partial charge in [0.1, 0.15) is 5.82 Å². The number of carbonyl (C=O) groups is 1. The maximum absolute atomic E-state index is 13.3. The van der Waals surface area contributed by atoms with Crippen LogP contribution in [0.3, 0.4) is 0 Å². The van der Waals surface area contributed by atoms with Crippen molar-refractivity contribution in [2.45, 2.75) is 46.6 Å². The Kier molecular flexibility index (Phi) is 5.45. The quantitative estimate of drug-likeness (QED) is 0.844. The molecule has 0 radical (unpaired) electrons. The minimum atomic E-state index is -0.300. The molecule has 1 aliphatic heterocycles. The smallest absolute Gasteiger partial charge is 0.254 e. The van der Waals surface area contributed by atoms with Crippen molar-refractivity contribution in [3.63, 3.8) is 0 Å². The van der Waals surface area contributed by atoms with Gasteiger partial charge >= 0.3 is 0 Å². The monoisotopic (exact) mass is 320 g/mol. The third kappa shape index (κ3) is 4.31. The number of carbonyl (C=O) groups excluding carboxylic acids is 1. The largest absolute Gasteiger partial charge is 0.337 e. The minimum Gasteiger partial charge on any atom is -0.337 e. The fraction of sp³-hybridized carbons (Fsp3) is 0.632. The molecular weight excluding hydrogens is 291 g/mol. The molecule has 23 heavy (non-hydrogen) atoms. The summed E-state index contributed by atoms with van der Waals surface area (Å²) in [6.45, 7) is 11.4. The first-order valence-corrected chi connectivity index (χ1v) is 8.46. The van der Waals surface area contributed by atoms with Crippen molar-refractivity contribution in [3.05, 3.63) is 35.1 Å². The molecular formula is C19H29FN2O. The van der Waals surface area contributed by atoms with Gasteiger partial charge in [-0.2, -0.15) is 0 Å². The number of amides is 1. The third-order valence-electron chi connectivity index (χ3n) is 4.84. The van der Waals surface area contributed by atoms with E-state index in [1.54, 1.807) is 13.0 Å². The van der Waals surface area contributed by atoms with Crippen LogP contribution in [-0.4, -0.2) is 48.4 Å². The molecule has 0 N–H and O–H groups in total. The molecule has 0 unspecified atom stereocenters. The first-order chi connectivity index (χ1) is 10.7. The summed E-state index contributed by atoms with van der Waals surface area (Å²) < 4.78 is 13.3. The van der Waals surface area contributed by atoms with Crippen LogP contribution in [0.2, 0.25) is 0 Å². The van der Waals surface area contributed by atoms with Crippen molar-refractivity contribution < 1.29 is 9.18 Å². The van der Waals surface area contributed by atoms with Crippen LogP contribution in [0.15, 0.2) is 18.2 Å². The summed E-state index contributed by atoms with van der Waals surface area (Å²) in [7, 11) is 1.87. The highest BCUT2D eigenvalue weighted by atomic mass is 19.1. The Morgan fingerprint density at radius 1 is 1.30 bits per heavy atom. The normalized spacial score (nSPS) is 17.3. The number of halogens is 1. The molecule has 1 atom stereocenters. The lowest BCUT2D eigenvalue weighted by Gasteiger charge is -2.40. The van der Waals surface area contributed by atoms with Crippen molar-refractivity contribution in [1.82, 2.24) is 9.80 Å². The van der Waals surface area contributed by atoms with Crippen molar-refractivity contribution in [2.24, 2.45) is 5.41 Å². The van der Waals surface area contributed by atoms with E-state index in [1.165, 1.54) is 25.0 Å². The van der Waals surface area contributed by atoms with Crippen molar-refractivity contribution in [1.29, 1.82) is 0 Å². The average Bonchev–Trinajstić information content (AvgIpc) is 2.95. The summed E-state index contributed by atoms with van der Waals surface area (Å²) >= 11 is 0. The van der Waals surface area contributed by atoms with Crippen LogP contribution in [-0.2, 0) is 0 Å². The zero-order valence-electron chi connectivity index (χ0n) is 15.0. The van der Waals surface area contributed by atoms with Crippen LogP contribution < -0.4 is 0 Å². The molecule has 1 saturated heterocycles. The molecule has 128 valence electrons. The van der Waals surface area contributed by atoms with Crippen molar-refractivity contribution in [3.8, 4) is 0 Å². The highest BCUT2D eigenvalue weighted by Crippen LogP contribution is 2.27. The van der Waals surface area contributed by atoms with Crippen LogP contribution >= 0.6 is 0 Å². The number of hydrogen-bond donors (Lipinski definition) is 0. The number of rotatable bonds is 4. The van der Waals surface area contributed by atoms with Crippen molar-refractivity contribution in [2.75, 3.05) is 26.7 Å². The summed E-state index contributed by atoms with van der Waals surface area (Å²) in [6.07, 6.45) is 2.48. The lowest BCUT2D eigenvalue weighted by atomic mass is 9.85. The summed E-state index contributed by atoms with van der Waals surface area (Å²) in [5.41, 5.74) is 1.27. The number of hydrogen-bond acceptors (Lipinski definition) is 2. The second kappa shape index (κ2) is 7.00. The van der Waals surface area contributed by atoms with E-state index >= 15 is 0 Å². The topological polar surface area (TPSA) is 23.6 Å². The third-order valence-corrected chi connectivity index (χ3v) is 4.84. The van der Waals surface area contributed by atoms with E-state index in [9.17, 15) is 9.18 Å². The molecule has 0 aromatic heterocycles. The van der Waals surface area contributed by atoms with Gasteiger partial charge in [-0.25, -0.2) is 4.39 Å². The fourth-order valence-corrected chi connectivity index (χ4v) is 3.39. The Labute approximate surface area is 139 Å².